The monoisotopic (exact) mass is 222 g/mol. The number of nitrogens with zero attached hydrogens (tertiary/aromatic N) is 1. The van der Waals surface area contributed by atoms with Gasteiger partial charge in [-0.2, -0.15) is 0 Å². The van der Waals surface area contributed by atoms with Crippen LogP contribution in [0.1, 0.15) is 12.1 Å². The lowest BCUT2D eigenvalue weighted by Gasteiger charge is -2.07. The molecule has 2 N–H and O–H groups in total. The highest BCUT2D eigenvalue weighted by Gasteiger charge is 2.05. The van der Waals surface area contributed by atoms with E-state index in [9.17, 15) is 0 Å². The van der Waals surface area contributed by atoms with E-state index in [4.69, 9.17) is 17.3 Å². The van der Waals surface area contributed by atoms with Crippen molar-refractivity contribution in [1.82, 2.24) is 4.57 Å². The van der Waals surface area contributed by atoms with Crippen LogP contribution in [0.2, 0.25) is 5.02 Å². The molecule has 2 rings (SSSR count). The molecule has 80 valence electrons. The zero-order valence-corrected chi connectivity index (χ0v) is 9.59. The Bertz CT molecular complexity index is 474. The zero-order valence-electron chi connectivity index (χ0n) is 8.83. The Morgan fingerprint density at radius 2 is 2.13 bits per heavy atom. The van der Waals surface area contributed by atoms with Gasteiger partial charge in [-0.25, -0.2) is 0 Å². The van der Waals surface area contributed by atoms with Gasteiger partial charge in [0.15, 0.2) is 0 Å². The predicted octanol–water partition coefficient (Wildman–Crippen LogP) is 2.95. The van der Waals surface area contributed by atoms with Gasteiger partial charge in [-0.3, -0.25) is 0 Å². The Balaban J connectivity index is 2.50. The average Bonchev–Trinajstić information content (AvgIpc) is 2.51. The van der Waals surface area contributed by atoms with E-state index in [2.05, 4.69) is 23.6 Å². The van der Waals surface area contributed by atoms with Gasteiger partial charge in [-0.05, 0) is 43.5 Å². The molecule has 0 aliphatic heterocycles. The summed E-state index contributed by atoms with van der Waals surface area (Å²) in [5, 5.41) is 2.03. The molecule has 1 aromatic heterocycles. The second kappa shape index (κ2) is 4.25. The Morgan fingerprint density at radius 3 is 2.87 bits per heavy atom. The Kier molecular flexibility index (Phi) is 2.98. The lowest BCUT2D eigenvalue weighted by molar-refractivity contribution is 0.657. The molecule has 1 aromatic carbocycles. The minimum absolute atomic E-state index is 0.722. The second-order valence-electron chi connectivity index (χ2n) is 3.78. The number of benzene rings is 1. The molecule has 0 atom stereocenters. The summed E-state index contributed by atoms with van der Waals surface area (Å²) in [6, 6.07) is 8.18. The van der Waals surface area contributed by atoms with Crippen LogP contribution in [0, 0.1) is 6.92 Å². The highest BCUT2D eigenvalue weighted by molar-refractivity contribution is 6.31. The highest BCUT2D eigenvalue weighted by atomic mass is 35.5. The third-order valence-electron chi connectivity index (χ3n) is 2.66. The van der Waals surface area contributed by atoms with Gasteiger partial charge in [0, 0.05) is 22.8 Å². The lowest BCUT2D eigenvalue weighted by atomic mass is 10.2. The fourth-order valence-corrected chi connectivity index (χ4v) is 2.08. The predicted molar refractivity (Wildman–Crippen MR) is 65.4 cm³/mol. The molecule has 0 radical (unpaired) electrons. The maximum atomic E-state index is 6.00. The van der Waals surface area contributed by atoms with Crippen LogP contribution in [0.15, 0.2) is 24.3 Å². The zero-order chi connectivity index (χ0) is 10.8. The molecule has 1 heterocycles. The summed E-state index contributed by atoms with van der Waals surface area (Å²) in [4.78, 5) is 0. The summed E-state index contributed by atoms with van der Waals surface area (Å²) in [6.45, 7) is 3.80. The number of nitrogens with two attached hydrogens (primary N) is 1. The van der Waals surface area contributed by atoms with E-state index in [1.807, 2.05) is 12.1 Å². The van der Waals surface area contributed by atoms with Crippen LogP contribution in [0.25, 0.3) is 10.9 Å². The number of hydrogen-bond acceptors (Lipinski definition) is 1. The molecule has 0 spiro atoms. The highest BCUT2D eigenvalue weighted by Crippen LogP contribution is 2.23. The summed E-state index contributed by atoms with van der Waals surface area (Å²) in [6.07, 6.45) is 0.997. The number of aromatic nitrogens is 1. The number of rotatable bonds is 3. The van der Waals surface area contributed by atoms with Crippen LogP contribution >= 0.6 is 11.6 Å². The Morgan fingerprint density at radius 1 is 1.33 bits per heavy atom. The van der Waals surface area contributed by atoms with E-state index < -0.39 is 0 Å². The van der Waals surface area contributed by atoms with Crippen LogP contribution < -0.4 is 5.73 Å². The SMILES string of the molecule is Cc1cc2ccc(Cl)cc2n1CCCN. The molecule has 0 aliphatic rings. The summed E-state index contributed by atoms with van der Waals surface area (Å²) >= 11 is 6.00. The number of aryl methyl sites for hydroxylation is 2. The van der Waals surface area contributed by atoms with Gasteiger partial charge in [-0.15, -0.1) is 0 Å². The van der Waals surface area contributed by atoms with Crippen LogP contribution in [0.3, 0.4) is 0 Å². The van der Waals surface area contributed by atoms with Crippen LogP contribution in [-0.2, 0) is 6.54 Å². The van der Waals surface area contributed by atoms with E-state index in [0.717, 1.165) is 24.5 Å². The maximum absolute atomic E-state index is 6.00. The fourth-order valence-electron chi connectivity index (χ4n) is 1.91. The van der Waals surface area contributed by atoms with E-state index >= 15 is 0 Å². The molecule has 0 saturated heterocycles. The van der Waals surface area contributed by atoms with Gasteiger partial charge >= 0.3 is 0 Å². The van der Waals surface area contributed by atoms with Crippen LogP contribution in [0.4, 0.5) is 0 Å². The van der Waals surface area contributed by atoms with Gasteiger partial charge < -0.3 is 10.3 Å². The van der Waals surface area contributed by atoms with Crippen LogP contribution in [0.5, 0.6) is 0 Å². The quantitative estimate of drug-likeness (QED) is 0.851. The van der Waals surface area contributed by atoms with Crippen molar-refractivity contribution in [3.8, 4) is 0 Å². The summed E-state index contributed by atoms with van der Waals surface area (Å²) in [7, 11) is 0. The lowest BCUT2D eigenvalue weighted by Crippen LogP contribution is -2.06. The summed E-state index contributed by atoms with van der Waals surface area (Å²) in [5.41, 5.74) is 8.00. The summed E-state index contributed by atoms with van der Waals surface area (Å²) < 4.78 is 2.27. The van der Waals surface area contributed by atoms with Crippen molar-refractivity contribution in [1.29, 1.82) is 0 Å². The van der Waals surface area contributed by atoms with Crippen molar-refractivity contribution in [2.75, 3.05) is 6.54 Å². The minimum Gasteiger partial charge on any atom is -0.345 e. The van der Waals surface area contributed by atoms with Crippen LogP contribution in [-0.4, -0.2) is 11.1 Å². The Hall–Kier alpha value is -0.990. The number of fused-ring (bicyclic) bond motifs is 1. The minimum atomic E-state index is 0.722. The van der Waals surface area contributed by atoms with E-state index in [-0.39, 0.29) is 0 Å². The smallest absolute Gasteiger partial charge is 0.0497 e. The number of halogens is 1. The first kappa shape index (κ1) is 10.5. The molecular weight excluding hydrogens is 208 g/mol. The normalized spacial score (nSPS) is 11.1. The molecule has 0 fully saturated rings. The molecular formula is C12H15ClN2. The first-order valence-corrected chi connectivity index (χ1v) is 5.55. The van der Waals surface area contributed by atoms with Crippen molar-refractivity contribution in [2.45, 2.75) is 19.9 Å². The summed E-state index contributed by atoms with van der Waals surface area (Å²) in [5.74, 6) is 0. The van der Waals surface area contributed by atoms with E-state index in [1.54, 1.807) is 0 Å². The molecule has 2 nitrogen and oxygen atoms in total. The second-order valence-corrected chi connectivity index (χ2v) is 4.22. The van der Waals surface area contributed by atoms with Crippen molar-refractivity contribution in [3.63, 3.8) is 0 Å². The molecule has 0 saturated carbocycles. The molecule has 15 heavy (non-hydrogen) atoms. The van der Waals surface area contributed by atoms with Crippen molar-refractivity contribution in [2.24, 2.45) is 5.73 Å². The van der Waals surface area contributed by atoms with Crippen molar-refractivity contribution in [3.05, 3.63) is 35.0 Å². The molecule has 0 bridgehead atoms. The molecule has 3 heteroatoms. The first-order chi connectivity index (χ1) is 7.22. The van der Waals surface area contributed by atoms with Crippen molar-refractivity contribution >= 4 is 22.5 Å². The third kappa shape index (κ3) is 2.01. The van der Waals surface area contributed by atoms with E-state index in [0.29, 0.717) is 0 Å². The number of hydrogen-bond donors (Lipinski definition) is 1. The van der Waals surface area contributed by atoms with Gasteiger partial charge in [0.25, 0.3) is 0 Å². The molecule has 0 amide bonds. The average molecular weight is 223 g/mol. The molecule has 0 unspecified atom stereocenters. The van der Waals surface area contributed by atoms with E-state index in [1.165, 1.54) is 16.6 Å². The van der Waals surface area contributed by atoms with Crippen molar-refractivity contribution < 1.29 is 0 Å². The molecule has 0 aliphatic carbocycles. The largest absolute Gasteiger partial charge is 0.345 e. The maximum Gasteiger partial charge on any atom is 0.0497 e. The van der Waals surface area contributed by atoms with Gasteiger partial charge in [-0.1, -0.05) is 17.7 Å². The van der Waals surface area contributed by atoms with Gasteiger partial charge in [0.05, 0.1) is 0 Å². The standard InChI is InChI=1S/C12H15ClN2/c1-9-7-10-3-4-11(13)8-12(10)15(9)6-2-5-14/h3-4,7-8H,2,5-6,14H2,1H3. The topological polar surface area (TPSA) is 30.9 Å². The van der Waals surface area contributed by atoms with Gasteiger partial charge in [0.1, 0.15) is 0 Å². The third-order valence-corrected chi connectivity index (χ3v) is 2.89. The molecule has 2 aromatic rings. The first-order valence-electron chi connectivity index (χ1n) is 5.18. The Labute approximate surface area is 94.6 Å². The fraction of sp³-hybridized carbons (Fsp3) is 0.333. The van der Waals surface area contributed by atoms with Gasteiger partial charge in [0.2, 0.25) is 0 Å².